The van der Waals surface area contributed by atoms with E-state index in [4.69, 9.17) is 9.26 Å². The largest absolute Gasteiger partial charge is 0.481 e. The third-order valence-electron chi connectivity index (χ3n) is 3.53. The number of aryl methyl sites for hydroxylation is 1. The van der Waals surface area contributed by atoms with Crippen molar-refractivity contribution in [1.29, 1.82) is 0 Å². The van der Waals surface area contributed by atoms with Gasteiger partial charge in [0.15, 0.2) is 6.10 Å². The molecule has 0 spiro atoms. The van der Waals surface area contributed by atoms with E-state index >= 15 is 0 Å². The van der Waals surface area contributed by atoms with Crippen LogP contribution in [0.25, 0.3) is 11.5 Å². The summed E-state index contributed by atoms with van der Waals surface area (Å²) in [7, 11) is 0. The van der Waals surface area contributed by atoms with Gasteiger partial charge in [0.05, 0.1) is 0 Å². The lowest BCUT2D eigenvalue weighted by atomic mass is 10.1. The van der Waals surface area contributed by atoms with Crippen molar-refractivity contribution in [1.82, 2.24) is 10.1 Å². The third-order valence-corrected chi connectivity index (χ3v) is 3.53. The Hall–Kier alpha value is -3.22. The number of carbonyl (C=O) groups excluding carboxylic acids is 1. The number of ether oxygens (including phenoxy) is 1. The maximum atomic E-state index is 12.9. The molecule has 25 heavy (non-hydrogen) atoms. The minimum atomic E-state index is -0.814. The Morgan fingerprint density at radius 2 is 1.92 bits per heavy atom. The van der Waals surface area contributed by atoms with Crippen molar-refractivity contribution in [2.45, 2.75) is 20.0 Å². The number of aromatic nitrogens is 2. The predicted molar refractivity (Wildman–Crippen MR) is 89.6 cm³/mol. The van der Waals surface area contributed by atoms with Gasteiger partial charge in [-0.3, -0.25) is 10.1 Å². The van der Waals surface area contributed by atoms with Gasteiger partial charge in [0.2, 0.25) is 0 Å². The second-order valence-electron chi connectivity index (χ2n) is 5.44. The standard InChI is InChI=1S/C18H16FN3O3/c1-11-5-3-4-6-15(11)17-21-18(22-25-17)20-16(23)12(2)24-14-9-7-13(19)8-10-14/h3-10,12H,1-2H3,(H,20,22,23). The highest BCUT2D eigenvalue weighted by molar-refractivity contribution is 5.92. The number of rotatable bonds is 5. The SMILES string of the molecule is Cc1ccccc1-c1nc(NC(=O)C(C)Oc2ccc(F)cc2)no1. The molecule has 1 atom stereocenters. The Balaban J connectivity index is 1.65. The van der Waals surface area contributed by atoms with Crippen LogP contribution in [-0.2, 0) is 4.79 Å². The highest BCUT2D eigenvalue weighted by Crippen LogP contribution is 2.22. The zero-order valence-corrected chi connectivity index (χ0v) is 13.7. The summed E-state index contributed by atoms with van der Waals surface area (Å²) in [4.78, 5) is 16.3. The van der Waals surface area contributed by atoms with Crippen molar-refractivity contribution in [2.24, 2.45) is 0 Å². The zero-order valence-electron chi connectivity index (χ0n) is 13.7. The Labute approximate surface area is 143 Å². The van der Waals surface area contributed by atoms with Gasteiger partial charge < -0.3 is 9.26 Å². The van der Waals surface area contributed by atoms with Crippen molar-refractivity contribution in [2.75, 3.05) is 5.32 Å². The number of anilines is 1. The number of benzene rings is 2. The van der Waals surface area contributed by atoms with E-state index in [1.54, 1.807) is 6.92 Å². The van der Waals surface area contributed by atoms with Gasteiger partial charge in [0.1, 0.15) is 11.6 Å². The van der Waals surface area contributed by atoms with Crippen molar-refractivity contribution in [3.05, 3.63) is 59.9 Å². The minimum absolute atomic E-state index is 0.0535. The second-order valence-corrected chi connectivity index (χ2v) is 5.44. The molecule has 0 radical (unpaired) electrons. The molecule has 1 heterocycles. The topological polar surface area (TPSA) is 77.2 Å². The Kier molecular flexibility index (Phi) is 4.74. The summed E-state index contributed by atoms with van der Waals surface area (Å²) in [6, 6.07) is 13.0. The van der Waals surface area contributed by atoms with Crippen LogP contribution >= 0.6 is 0 Å². The van der Waals surface area contributed by atoms with Gasteiger partial charge in [-0.1, -0.05) is 18.2 Å². The minimum Gasteiger partial charge on any atom is -0.481 e. The van der Waals surface area contributed by atoms with Gasteiger partial charge in [-0.2, -0.15) is 4.98 Å². The Morgan fingerprint density at radius 1 is 1.20 bits per heavy atom. The average molecular weight is 341 g/mol. The normalized spacial score (nSPS) is 11.8. The smallest absolute Gasteiger partial charge is 0.270 e. The summed E-state index contributed by atoms with van der Waals surface area (Å²) in [5.74, 6) is -0.0579. The van der Waals surface area contributed by atoms with E-state index in [9.17, 15) is 9.18 Å². The molecule has 3 aromatic rings. The van der Waals surface area contributed by atoms with E-state index in [1.807, 2.05) is 31.2 Å². The van der Waals surface area contributed by atoms with Crippen LogP contribution in [-0.4, -0.2) is 22.2 Å². The lowest BCUT2D eigenvalue weighted by Gasteiger charge is -2.13. The predicted octanol–water partition coefficient (Wildman–Crippen LogP) is 3.59. The zero-order chi connectivity index (χ0) is 17.8. The average Bonchev–Trinajstić information content (AvgIpc) is 3.05. The molecule has 0 saturated carbocycles. The summed E-state index contributed by atoms with van der Waals surface area (Å²) < 4.78 is 23.5. The van der Waals surface area contributed by atoms with E-state index in [2.05, 4.69) is 15.5 Å². The summed E-state index contributed by atoms with van der Waals surface area (Å²) in [6.45, 7) is 3.50. The van der Waals surface area contributed by atoms with Crippen LogP contribution in [0.4, 0.5) is 10.3 Å². The summed E-state index contributed by atoms with van der Waals surface area (Å²) >= 11 is 0. The fourth-order valence-corrected chi connectivity index (χ4v) is 2.18. The molecule has 3 rings (SSSR count). The molecular formula is C18H16FN3O3. The first-order valence-electron chi connectivity index (χ1n) is 7.66. The highest BCUT2D eigenvalue weighted by atomic mass is 19.1. The van der Waals surface area contributed by atoms with Gasteiger partial charge in [-0.05, 0) is 54.9 Å². The number of nitrogens with one attached hydrogen (secondary N) is 1. The molecule has 1 N–H and O–H groups in total. The van der Waals surface area contributed by atoms with E-state index in [0.29, 0.717) is 11.6 Å². The van der Waals surface area contributed by atoms with Crippen LogP contribution in [0.2, 0.25) is 0 Å². The van der Waals surface area contributed by atoms with Crippen LogP contribution in [0, 0.1) is 12.7 Å². The first kappa shape index (κ1) is 16.6. The van der Waals surface area contributed by atoms with Gasteiger partial charge in [0.25, 0.3) is 17.7 Å². The molecule has 1 unspecified atom stereocenters. The van der Waals surface area contributed by atoms with Crippen LogP contribution in [0.5, 0.6) is 5.75 Å². The molecule has 0 aliphatic heterocycles. The van der Waals surface area contributed by atoms with Crippen LogP contribution in [0.15, 0.2) is 53.1 Å². The van der Waals surface area contributed by atoms with Gasteiger partial charge in [-0.25, -0.2) is 4.39 Å². The number of halogens is 1. The maximum Gasteiger partial charge on any atom is 0.270 e. The number of hydrogen-bond donors (Lipinski definition) is 1. The molecule has 6 nitrogen and oxygen atoms in total. The molecule has 1 aromatic heterocycles. The van der Waals surface area contributed by atoms with E-state index in [-0.39, 0.29) is 11.8 Å². The van der Waals surface area contributed by atoms with Gasteiger partial charge >= 0.3 is 0 Å². The lowest BCUT2D eigenvalue weighted by molar-refractivity contribution is -0.122. The molecule has 1 amide bonds. The number of amides is 1. The molecule has 0 bridgehead atoms. The monoisotopic (exact) mass is 341 g/mol. The lowest BCUT2D eigenvalue weighted by Crippen LogP contribution is -2.30. The quantitative estimate of drug-likeness (QED) is 0.767. The third kappa shape index (κ3) is 4.00. The first-order valence-corrected chi connectivity index (χ1v) is 7.66. The number of nitrogens with zero attached hydrogens (tertiary/aromatic N) is 2. The number of hydrogen-bond acceptors (Lipinski definition) is 5. The molecule has 0 saturated heterocycles. The molecule has 0 aliphatic rings. The molecule has 7 heteroatoms. The number of carbonyl (C=O) groups is 1. The summed E-state index contributed by atoms with van der Waals surface area (Å²) in [5, 5.41) is 6.28. The van der Waals surface area contributed by atoms with Crippen molar-refractivity contribution in [3.63, 3.8) is 0 Å². The van der Waals surface area contributed by atoms with Crippen molar-refractivity contribution in [3.8, 4) is 17.2 Å². The Bertz CT molecular complexity index is 877. The van der Waals surface area contributed by atoms with E-state index in [1.165, 1.54) is 24.3 Å². The van der Waals surface area contributed by atoms with Crippen LogP contribution in [0.1, 0.15) is 12.5 Å². The van der Waals surface area contributed by atoms with Crippen LogP contribution in [0.3, 0.4) is 0 Å². The van der Waals surface area contributed by atoms with Crippen molar-refractivity contribution >= 4 is 11.9 Å². The fraction of sp³-hybridized carbons (Fsp3) is 0.167. The molecule has 2 aromatic carbocycles. The second kappa shape index (κ2) is 7.12. The summed E-state index contributed by atoms with van der Waals surface area (Å²) in [6.07, 6.45) is -0.814. The molecular weight excluding hydrogens is 325 g/mol. The van der Waals surface area contributed by atoms with Crippen LogP contribution < -0.4 is 10.1 Å². The van der Waals surface area contributed by atoms with Crippen molar-refractivity contribution < 1.29 is 18.4 Å². The Morgan fingerprint density at radius 3 is 2.64 bits per heavy atom. The maximum absolute atomic E-state index is 12.9. The first-order chi connectivity index (χ1) is 12.0. The highest BCUT2D eigenvalue weighted by Gasteiger charge is 2.18. The molecule has 128 valence electrons. The van der Waals surface area contributed by atoms with Gasteiger partial charge in [0, 0.05) is 5.56 Å². The summed E-state index contributed by atoms with van der Waals surface area (Å²) in [5.41, 5.74) is 1.78. The molecule has 0 fully saturated rings. The fourth-order valence-electron chi connectivity index (χ4n) is 2.18. The van der Waals surface area contributed by atoms with Gasteiger partial charge in [-0.15, -0.1) is 0 Å². The van der Waals surface area contributed by atoms with E-state index in [0.717, 1.165) is 11.1 Å². The molecule has 0 aliphatic carbocycles. The van der Waals surface area contributed by atoms with E-state index < -0.39 is 12.0 Å².